The first kappa shape index (κ1) is 14.7. The number of methoxy groups -OCH3 is 1. The highest BCUT2D eigenvalue weighted by atomic mass is 79.9. The molecular formula is C14H14BrClO2S. The van der Waals surface area contributed by atoms with Gasteiger partial charge in [0, 0.05) is 28.4 Å². The van der Waals surface area contributed by atoms with Crippen molar-refractivity contribution in [3.8, 4) is 11.5 Å². The third-order valence-corrected chi connectivity index (χ3v) is 4.23. The number of rotatable bonds is 6. The zero-order valence-corrected chi connectivity index (χ0v) is 13.6. The fraction of sp³-hybridized carbons (Fsp3) is 0.286. The Bertz CT molecular complexity index is 503. The monoisotopic (exact) mass is 360 g/mol. The van der Waals surface area contributed by atoms with E-state index in [0.717, 1.165) is 17.7 Å². The Labute approximate surface area is 130 Å². The number of hydrogen-bond acceptors (Lipinski definition) is 3. The standard InChI is InChI=1S/C14H14BrClO2S/c1-17-13-7-12(16)6-11(8-15)14(13)18-4-2-10-3-5-19-9-10/h3,5-7,9H,2,4,8H2,1H3. The molecule has 2 aromatic rings. The normalized spacial score (nSPS) is 10.5. The first-order valence-electron chi connectivity index (χ1n) is 5.81. The van der Waals surface area contributed by atoms with Crippen molar-refractivity contribution in [1.82, 2.24) is 0 Å². The molecule has 102 valence electrons. The third kappa shape index (κ3) is 3.88. The second kappa shape index (κ2) is 7.17. The van der Waals surface area contributed by atoms with E-state index in [9.17, 15) is 0 Å². The fourth-order valence-electron chi connectivity index (χ4n) is 1.74. The minimum atomic E-state index is 0.620. The molecule has 0 aliphatic heterocycles. The predicted octanol–water partition coefficient (Wildman–Crippen LogP) is 4.93. The fourth-order valence-corrected chi connectivity index (χ4v) is 3.09. The molecule has 0 atom stereocenters. The van der Waals surface area contributed by atoms with E-state index in [2.05, 4.69) is 32.8 Å². The van der Waals surface area contributed by atoms with Gasteiger partial charge < -0.3 is 9.47 Å². The van der Waals surface area contributed by atoms with Crippen LogP contribution in [-0.2, 0) is 11.8 Å². The van der Waals surface area contributed by atoms with Crippen LogP contribution in [0.4, 0.5) is 0 Å². The topological polar surface area (TPSA) is 18.5 Å². The zero-order valence-electron chi connectivity index (χ0n) is 10.5. The summed E-state index contributed by atoms with van der Waals surface area (Å²) in [5, 5.41) is 5.53. The molecule has 0 radical (unpaired) electrons. The molecule has 19 heavy (non-hydrogen) atoms. The second-order valence-electron chi connectivity index (χ2n) is 3.96. The van der Waals surface area contributed by atoms with Gasteiger partial charge in [0.2, 0.25) is 0 Å². The van der Waals surface area contributed by atoms with Crippen LogP contribution in [0.3, 0.4) is 0 Å². The van der Waals surface area contributed by atoms with Gasteiger partial charge in [-0.3, -0.25) is 0 Å². The maximum absolute atomic E-state index is 6.04. The third-order valence-electron chi connectivity index (χ3n) is 2.68. The van der Waals surface area contributed by atoms with Gasteiger partial charge in [-0.25, -0.2) is 0 Å². The van der Waals surface area contributed by atoms with E-state index in [1.807, 2.05) is 6.07 Å². The van der Waals surface area contributed by atoms with Gasteiger partial charge >= 0.3 is 0 Å². The summed E-state index contributed by atoms with van der Waals surface area (Å²) in [6, 6.07) is 5.77. The minimum Gasteiger partial charge on any atom is -0.493 e. The van der Waals surface area contributed by atoms with Crippen molar-refractivity contribution in [3.63, 3.8) is 0 Å². The lowest BCUT2D eigenvalue weighted by Gasteiger charge is -2.14. The maximum Gasteiger partial charge on any atom is 0.165 e. The van der Waals surface area contributed by atoms with Crippen molar-refractivity contribution in [2.75, 3.05) is 13.7 Å². The Hall–Kier alpha value is -0.710. The average molecular weight is 362 g/mol. The van der Waals surface area contributed by atoms with E-state index in [0.29, 0.717) is 22.7 Å². The van der Waals surface area contributed by atoms with Crippen LogP contribution in [0, 0.1) is 0 Å². The highest BCUT2D eigenvalue weighted by Crippen LogP contribution is 2.36. The number of ether oxygens (including phenoxy) is 2. The Morgan fingerprint density at radius 2 is 2.21 bits per heavy atom. The summed E-state index contributed by atoms with van der Waals surface area (Å²) in [6.45, 7) is 0.620. The van der Waals surface area contributed by atoms with Crippen LogP contribution >= 0.6 is 38.9 Å². The van der Waals surface area contributed by atoms with Crippen molar-refractivity contribution in [1.29, 1.82) is 0 Å². The summed E-state index contributed by atoms with van der Waals surface area (Å²) in [7, 11) is 1.62. The number of benzene rings is 1. The smallest absolute Gasteiger partial charge is 0.165 e. The molecule has 1 heterocycles. The molecule has 0 bridgehead atoms. The Morgan fingerprint density at radius 1 is 1.37 bits per heavy atom. The van der Waals surface area contributed by atoms with Crippen LogP contribution in [0.2, 0.25) is 5.02 Å². The van der Waals surface area contributed by atoms with E-state index in [-0.39, 0.29) is 0 Å². The van der Waals surface area contributed by atoms with Crippen molar-refractivity contribution in [2.45, 2.75) is 11.8 Å². The maximum atomic E-state index is 6.04. The lowest BCUT2D eigenvalue weighted by Crippen LogP contribution is -2.04. The molecule has 0 saturated heterocycles. The molecule has 0 fully saturated rings. The van der Waals surface area contributed by atoms with Gasteiger partial charge in [0.05, 0.1) is 13.7 Å². The van der Waals surface area contributed by atoms with Crippen LogP contribution in [0.1, 0.15) is 11.1 Å². The molecular weight excluding hydrogens is 348 g/mol. The van der Waals surface area contributed by atoms with Gasteiger partial charge in [-0.1, -0.05) is 27.5 Å². The molecule has 5 heteroatoms. The highest BCUT2D eigenvalue weighted by molar-refractivity contribution is 9.08. The lowest BCUT2D eigenvalue weighted by molar-refractivity contribution is 0.295. The van der Waals surface area contributed by atoms with Crippen LogP contribution in [0.25, 0.3) is 0 Å². The molecule has 0 aliphatic rings. The zero-order chi connectivity index (χ0) is 13.7. The van der Waals surface area contributed by atoms with Gasteiger partial charge in [-0.15, -0.1) is 0 Å². The van der Waals surface area contributed by atoms with Gasteiger partial charge in [0.1, 0.15) is 0 Å². The lowest BCUT2D eigenvalue weighted by atomic mass is 10.2. The quantitative estimate of drug-likeness (QED) is 0.679. The second-order valence-corrected chi connectivity index (χ2v) is 5.74. The molecule has 0 N–H and O–H groups in total. The highest BCUT2D eigenvalue weighted by Gasteiger charge is 2.12. The number of alkyl halides is 1. The predicted molar refractivity (Wildman–Crippen MR) is 84.2 cm³/mol. The Kier molecular flexibility index (Phi) is 5.55. The van der Waals surface area contributed by atoms with Crippen LogP contribution in [-0.4, -0.2) is 13.7 Å². The van der Waals surface area contributed by atoms with Crippen molar-refractivity contribution in [3.05, 3.63) is 45.1 Å². The molecule has 0 amide bonds. The molecule has 2 nitrogen and oxygen atoms in total. The summed E-state index contributed by atoms with van der Waals surface area (Å²) in [5.41, 5.74) is 2.29. The summed E-state index contributed by atoms with van der Waals surface area (Å²) < 4.78 is 11.2. The van der Waals surface area contributed by atoms with Gasteiger partial charge in [-0.2, -0.15) is 11.3 Å². The molecule has 2 rings (SSSR count). The van der Waals surface area contributed by atoms with Gasteiger partial charge in [0.25, 0.3) is 0 Å². The molecule has 1 aromatic heterocycles. The van der Waals surface area contributed by atoms with Crippen molar-refractivity contribution in [2.24, 2.45) is 0 Å². The van der Waals surface area contributed by atoms with Crippen molar-refractivity contribution >= 4 is 38.9 Å². The molecule has 0 spiro atoms. The SMILES string of the molecule is COc1cc(Cl)cc(CBr)c1OCCc1ccsc1. The Balaban J connectivity index is 2.09. The van der Waals surface area contributed by atoms with E-state index < -0.39 is 0 Å². The largest absolute Gasteiger partial charge is 0.493 e. The van der Waals surface area contributed by atoms with Crippen LogP contribution in [0.5, 0.6) is 11.5 Å². The Morgan fingerprint density at radius 3 is 2.84 bits per heavy atom. The molecule has 0 aliphatic carbocycles. The molecule has 0 saturated carbocycles. The number of halogens is 2. The van der Waals surface area contributed by atoms with E-state index >= 15 is 0 Å². The van der Waals surface area contributed by atoms with Crippen molar-refractivity contribution < 1.29 is 9.47 Å². The number of thiophene rings is 1. The van der Waals surface area contributed by atoms with E-state index in [1.165, 1.54) is 5.56 Å². The summed E-state index contributed by atoms with van der Waals surface area (Å²) in [4.78, 5) is 0. The molecule has 1 aromatic carbocycles. The first-order chi connectivity index (χ1) is 9.24. The van der Waals surface area contributed by atoms with E-state index in [4.69, 9.17) is 21.1 Å². The summed E-state index contributed by atoms with van der Waals surface area (Å²) >= 11 is 11.2. The first-order valence-corrected chi connectivity index (χ1v) is 8.25. The molecule has 0 unspecified atom stereocenters. The van der Waals surface area contributed by atoms with Gasteiger partial charge in [-0.05, 0) is 28.5 Å². The average Bonchev–Trinajstić information content (AvgIpc) is 2.92. The van der Waals surface area contributed by atoms with Crippen LogP contribution in [0.15, 0.2) is 29.0 Å². The summed E-state index contributed by atoms with van der Waals surface area (Å²) in [6.07, 6.45) is 0.886. The minimum absolute atomic E-state index is 0.620. The number of hydrogen-bond donors (Lipinski definition) is 0. The van der Waals surface area contributed by atoms with E-state index in [1.54, 1.807) is 24.5 Å². The summed E-state index contributed by atoms with van der Waals surface area (Å²) in [5.74, 6) is 1.44. The van der Waals surface area contributed by atoms with Gasteiger partial charge in [0.15, 0.2) is 11.5 Å². The van der Waals surface area contributed by atoms with Crippen LogP contribution < -0.4 is 9.47 Å².